The van der Waals surface area contributed by atoms with Crippen LogP contribution in [0, 0.1) is 11.6 Å². The van der Waals surface area contributed by atoms with Crippen molar-refractivity contribution in [1.29, 1.82) is 0 Å². The molecule has 0 fully saturated rings. The Bertz CT molecular complexity index is 798. The number of nitrogens with zero attached hydrogens (tertiary/aromatic N) is 1. The molecule has 1 heterocycles. The van der Waals surface area contributed by atoms with Gasteiger partial charge in [-0.1, -0.05) is 5.16 Å². The lowest BCUT2D eigenvalue weighted by Crippen LogP contribution is -2.28. The number of aromatic nitrogens is 1. The van der Waals surface area contributed by atoms with E-state index in [1.54, 1.807) is 0 Å². The second-order valence-electron chi connectivity index (χ2n) is 5.18. The smallest absolute Gasteiger partial charge is 0.175 e. The third kappa shape index (κ3) is 2.51. The van der Waals surface area contributed by atoms with Crippen LogP contribution in [0.1, 0.15) is 19.6 Å². The number of nitrogens with two attached hydrogens (primary N) is 1. The Morgan fingerprint density at radius 3 is 2.43 bits per heavy atom. The van der Waals surface area contributed by atoms with Crippen LogP contribution in [0.3, 0.4) is 0 Å². The zero-order valence-corrected chi connectivity index (χ0v) is 12.5. The topological polar surface area (TPSA) is 86.2 Å². The van der Waals surface area contributed by atoms with E-state index in [9.17, 15) is 17.2 Å². The lowest BCUT2D eigenvalue weighted by molar-refractivity contribution is 0.357. The molecule has 114 valence electrons. The third-order valence-corrected chi connectivity index (χ3v) is 5.43. The van der Waals surface area contributed by atoms with E-state index in [-0.39, 0.29) is 22.7 Å². The van der Waals surface area contributed by atoms with Crippen LogP contribution in [0.15, 0.2) is 22.7 Å². The van der Waals surface area contributed by atoms with Crippen molar-refractivity contribution in [1.82, 2.24) is 5.16 Å². The minimum Gasteiger partial charge on any atom is -0.380 e. The summed E-state index contributed by atoms with van der Waals surface area (Å²) in [6.45, 7) is 2.79. The molecule has 0 aliphatic rings. The van der Waals surface area contributed by atoms with E-state index in [1.807, 2.05) is 0 Å². The highest BCUT2D eigenvalue weighted by Gasteiger charge is 2.40. The highest BCUT2D eigenvalue weighted by atomic mass is 32.2. The quantitative estimate of drug-likeness (QED) is 0.940. The first-order chi connectivity index (χ1) is 9.55. The van der Waals surface area contributed by atoms with Crippen LogP contribution >= 0.6 is 0 Å². The molecule has 8 heteroatoms. The second kappa shape index (κ2) is 4.80. The van der Waals surface area contributed by atoms with E-state index < -0.39 is 26.2 Å². The fraction of sp³-hybridized carbons (Fsp3) is 0.308. The summed E-state index contributed by atoms with van der Waals surface area (Å²) in [5, 5.41) is 3.51. The zero-order valence-electron chi connectivity index (χ0n) is 11.6. The van der Waals surface area contributed by atoms with Gasteiger partial charge in [0, 0.05) is 17.9 Å². The normalized spacial score (nSPS) is 12.6. The molecule has 1 aromatic carbocycles. The summed E-state index contributed by atoms with van der Waals surface area (Å²) in [5.74, 6) is -1.88. The molecule has 1 aromatic heterocycles. The summed E-state index contributed by atoms with van der Waals surface area (Å²) in [7, 11) is -3.58. The number of nitrogen functional groups attached to an aromatic ring is 1. The average Bonchev–Trinajstić information content (AvgIpc) is 2.70. The van der Waals surface area contributed by atoms with Crippen molar-refractivity contribution in [3.8, 4) is 11.1 Å². The van der Waals surface area contributed by atoms with Crippen LogP contribution in [0.2, 0.25) is 0 Å². The van der Waals surface area contributed by atoms with Crippen molar-refractivity contribution >= 4 is 15.7 Å². The Morgan fingerprint density at radius 1 is 1.29 bits per heavy atom. The van der Waals surface area contributed by atoms with Crippen molar-refractivity contribution in [2.45, 2.75) is 18.6 Å². The van der Waals surface area contributed by atoms with Crippen LogP contribution in [0.5, 0.6) is 0 Å². The highest BCUT2D eigenvalue weighted by Crippen LogP contribution is 2.40. The lowest BCUT2D eigenvalue weighted by atomic mass is 9.99. The van der Waals surface area contributed by atoms with Crippen molar-refractivity contribution < 1.29 is 21.7 Å². The van der Waals surface area contributed by atoms with Crippen molar-refractivity contribution in [3.05, 3.63) is 35.6 Å². The molecule has 0 radical (unpaired) electrons. The molecule has 0 bridgehead atoms. The van der Waals surface area contributed by atoms with Gasteiger partial charge in [-0.15, -0.1) is 0 Å². The lowest BCUT2D eigenvalue weighted by Gasteiger charge is -2.20. The zero-order chi connectivity index (χ0) is 16.0. The van der Waals surface area contributed by atoms with Gasteiger partial charge < -0.3 is 10.3 Å². The molecule has 2 aromatic rings. The Kier molecular flexibility index (Phi) is 3.53. The van der Waals surface area contributed by atoms with Gasteiger partial charge in [0.05, 0.1) is 5.56 Å². The molecule has 0 aliphatic carbocycles. The molecule has 2 rings (SSSR count). The Morgan fingerprint density at radius 2 is 1.90 bits per heavy atom. The predicted molar refractivity (Wildman–Crippen MR) is 74.1 cm³/mol. The number of rotatable bonds is 3. The molecule has 0 spiro atoms. The summed E-state index contributed by atoms with van der Waals surface area (Å²) in [5.41, 5.74) is 5.61. The van der Waals surface area contributed by atoms with Crippen molar-refractivity contribution in [3.63, 3.8) is 0 Å². The minimum absolute atomic E-state index is 0.0166. The van der Waals surface area contributed by atoms with Gasteiger partial charge in [0.1, 0.15) is 16.4 Å². The van der Waals surface area contributed by atoms with E-state index in [4.69, 9.17) is 10.3 Å². The Hall–Kier alpha value is -1.96. The second-order valence-corrected chi connectivity index (χ2v) is 7.74. The Labute approximate surface area is 120 Å². The van der Waals surface area contributed by atoms with E-state index >= 15 is 0 Å². The molecule has 21 heavy (non-hydrogen) atoms. The minimum atomic E-state index is -3.58. The van der Waals surface area contributed by atoms with Crippen molar-refractivity contribution in [2.75, 3.05) is 12.0 Å². The van der Waals surface area contributed by atoms with E-state index in [0.29, 0.717) is 6.07 Å². The van der Waals surface area contributed by atoms with Gasteiger partial charge in [-0.2, -0.15) is 0 Å². The first-order valence-corrected chi connectivity index (χ1v) is 7.85. The first kappa shape index (κ1) is 15.4. The van der Waals surface area contributed by atoms with Gasteiger partial charge in [-0.3, -0.25) is 0 Å². The fourth-order valence-electron chi connectivity index (χ4n) is 1.83. The number of anilines is 1. The number of hydrogen-bond donors (Lipinski definition) is 1. The first-order valence-electron chi connectivity index (χ1n) is 5.96. The summed E-state index contributed by atoms with van der Waals surface area (Å²) in [4.78, 5) is 0. The van der Waals surface area contributed by atoms with Gasteiger partial charge in [-0.25, -0.2) is 17.2 Å². The summed E-state index contributed by atoms with van der Waals surface area (Å²) < 4.78 is 54.3. The van der Waals surface area contributed by atoms with Crippen LogP contribution in [0.4, 0.5) is 14.6 Å². The number of hydrogen-bond acceptors (Lipinski definition) is 5. The summed E-state index contributed by atoms with van der Waals surface area (Å²) in [6, 6.07) is 2.89. The van der Waals surface area contributed by atoms with Gasteiger partial charge in [-0.05, 0) is 26.0 Å². The molecular formula is C13H14F2N2O3S. The molecule has 0 aliphatic heterocycles. The van der Waals surface area contributed by atoms with Gasteiger partial charge in [0.25, 0.3) is 0 Å². The van der Waals surface area contributed by atoms with Gasteiger partial charge in [0.15, 0.2) is 21.4 Å². The third-order valence-electron chi connectivity index (χ3n) is 3.39. The van der Waals surface area contributed by atoms with E-state index in [1.165, 1.54) is 13.8 Å². The van der Waals surface area contributed by atoms with E-state index in [2.05, 4.69) is 5.16 Å². The Balaban J connectivity index is 2.75. The summed E-state index contributed by atoms with van der Waals surface area (Å²) >= 11 is 0. The molecule has 2 N–H and O–H groups in total. The average molecular weight is 316 g/mol. The maximum Gasteiger partial charge on any atom is 0.175 e. The monoisotopic (exact) mass is 316 g/mol. The molecule has 0 amide bonds. The molecule has 0 saturated carbocycles. The van der Waals surface area contributed by atoms with Crippen LogP contribution in [-0.4, -0.2) is 19.8 Å². The molecular weight excluding hydrogens is 302 g/mol. The van der Waals surface area contributed by atoms with Gasteiger partial charge >= 0.3 is 0 Å². The van der Waals surface area contributed by atoms with Crippen molar-refractivity contribution in [2.24, 2.45) is 0 Å². The number of halogens is 2. The standard InChI is InChI=1S/C13H14F2N2O3S/c1-13(2,21(3,18)19)11-10(12(16)17-20-11)8-5-4-7(14)6-9(8)15/h4-6H,1-3H3,(H2,16,17). The van der Waals surface area contributed by atoms with Gasteiger partial charge in [0.2, 0.25) is 0 Å². The van der Waals surface area contributed by atoms with Crippen LogP contribution in [0.25, 0.3) is 11.1 Å². The van der Waals surface area contributed by atoms with Crippen LogP contribution < -0.4 is 5.73 Å². The van der Waals surface area contributed by atoms with E-state index in [0.717, 1.165) is 18.4 Å². The highest BCUT2D eigenvalue weighted by molar-refractivity contribution is 7.91. The SMILES string of the molecule is CC(C)(c1onc(N)c1-c1ccc(F)cc1F)S(C)(=O)=O. The molecule has 5 nitrogen and oxygen atoms in total. The molecule has 0 unspecified atom stereocenters. The fourth-order valence-corrected chi connectivity index (χ4v) is 2.31. The number of sulfone groups is 1. The maximum absolute atomic E-state index is 13.9. The predicted octanol–water partition coefficient (Wildman–Crippen LogP) is 2.48. The number of benzene rings is 1. The largest absolute Gasteiger partial charge is 0.380 e. The summed E-state index contributed by atoms with van der Waals surface area (Å²) in [6.07, 6.45) is 1.02. The molecule has 0 saturated heterocycles. The van der Waals surface area contributed by atoms with Crippen LogP contribution in [-0.2, 0) is 14.6 Å². The molecule has 0 atom stereocenters. The maximum atomic E-state index is 13.9.